The molecule has 0 aliphatic carbocycles. The normalized spacial score (nSPS) is 16.9. The molecule has 5 rings (SSSR count). The Morgan fingerprint density at radius 2 is 1.97 bits per heavy atom. The summed E-state index contributed by atoms with van der Waals surface area (Å²) in [6.45, 7) is 3.17. The molecular formula is C24H22ClN3O4. The van der Waals surface area contributed by atoms with Gasteiger partial charge >= 0.3 is 0 Å². The predicted octanol–water partition coefficient (Wildman–Crippen LogP) is 4.22. The highest BCUT2D eigenvalue weighted by Crippen LogP contribution is 2.39. The molecule has 1 unspecified atom stereocenters. The van der Waals surface area contributed by atoms with Crippen LogP contribution in [0.2, 0.25) is 5.02 Å². The van der Waals surface area contributed by atoms with Gasteiger partial charge in [0.05, 0.1) is 5.69 Å². The summed E-state index contributed by atoms with van der Waals surface area (Å²) in [4.78, 5) is 18.5. The van der Waals surface area contributed by atoms with E-state index in [9.17, 15) is 9.90 Å². The molecule has 2 aliphatic rings. The third-order valence-electron chi connectivity index (χ3n) is 5.67. The molecule has 1 atom stereocenters. The van der Waals surface area contributed by atoms with Crippen LogP contribution in [0.15, 0.2) is 48.5 Å². The number of benzene rings is 2. The number of carbonyl (C=O) groups is 1. The van der Waals surface area contributed by atoms with Gasteiger partial charge in [-0.05, 0) is 60.0 Å². The van der Waals surface area contributed by atoms with E-state index in [1.165, 1.54) is 6.92 Å². The Labute approximate surface area is 190 Å². The minimum Gasteiger partial charge on any atom is -0.507 e. The highest BCUT2D eigenvalue weighted by atomic mass is 35.5. The highest BCUT2D eigenvalue weighted by Gasteiger charge is 2.25. The Balaban J connectivity index is 1.58. The number of amides is 1. The smallest absolute Gasteiger partial charge is 0.231 e. The summed E-state index contributed by atoms with van der Waals surface area (Å²) in [6.07, 6.45) is 0.841. The zero-order chi connectivity index (χ0) is 22.2. The zero-order valence-corrected chi connectivity index (χ0v) is 18.2. The van der Waals surface area contributed by atoms with Crippen LogP contribution in [0, 0.1) is 0 Å². The molecule has 164 valence electrons. The van der Waals surface area contributed by atoms with Gasteiger partial charge in [0.25, 0.3) is 0 Å². The van der Waals surface area contributed by atoms with Gasteiger partial charge in [-0.1, -0.05) is 17.7 Å². The molecule has 8 heteroatoms. The van der Waals surface area contributed by atoms with Crippen molar-refractivity contribution in [3.63, 3.8) is 0 Å². The van der Waals surface area contributed by atoms with Crippen LogP contribution in [-0.2, 0) is 4.79 Å². The maximum atomic E-state index is 11.5. The number of ether oxygens (including phenoxy) is 2. The van der Waals surface area contributed by atoms with E-state index >= 15 is 0 Å². The van der Waals surface area contributed by atoms with Gasteiger partial charge in [-0.2, -0.15) is 0 Å². The number of pyridine rings is 1. The Kier molecular flexibility index (Phi) is 5.27. The van der Waals surface area contributed by atoms with E-state index in [0.29, 0.717) is 34.3 Å². The Hall–Kier alpha value is -3.45. The molecule has 0 bridgehead atoms. The summed E-state index contributed by atoms with van der Waals surface area (Å²) < 4.78 is 11.0. The Morgan fingerprint density at radius 3 is 2.81 bits per heavy atom. The van der Waals surface area contributed by atoms with E-state index in [4.69, 9.17) is 26.1 Å². The molecule has 32 heavy (non-hydrogen) atoms. The third-order valence-corrected chi connectivity index (χ3v) is 5.91. The molecule has 2 aromatic carbocycles. The van der Waals surface area contributed by atoms with Crippen molar-refractivity contribution in [1.29, 1.82) is 0 Å². The summed E-state index contributed by atoms with van der Waals surface area (Å²) in [7, 11) is 0. The lowest BCUT2D eigenvalue weighted by molar-refractivity contribution is -0.119. The van der Waals surface area contributed by atoms with E-state index in [-0.39, 0.29) is 24.5 Å². The second-order valence-electron chi connectivity index (χ2n) is 7.96. The molecule has 1 fully saturated rings. The molecule has 7 nitrogen and oxygen atoms in total. The molecule has 2 aliphatic heterocycles. The number of carbonyl (C=O) groups excluding carboxylic acids is 1. The molecule has 1 aromatic heterocycles. The largest absolute Gasteiger partial charge is 0.507 e. The fourth-order valence-electron chi connectivity index (χ4n) is 4.15. The van der Waals surface area contributed by atoms with Crippen LogP contribution < -0.4 is 19.7 Å². The van der Waals surface area contributed by atoms with Gasteiger partial charge in [-0.3, -0.25) is 4.79 Å². The molecule has 3 aromatic rings. The maximum absolute atomic E-state index is 11.5. The van der Waals surface area contributed by atoms with Crippen LogP contribution >= 0.6 is 11.6 Å². The average Bonchev–Trinajstić information content (AvgIpc) is 3.43. The van der Waals surface area contributed by atoms with E-state index in [2.05, 4.69) is 10.2 Å². The molecule has 3 heterocycles. The molecule has 1 amide bonds. The highest BCUT2D eigenvalue weighted by molar-refractivity contribution is 6.31. The lowest BCUT2D eigenvalue weighted by Crippen LogP contribution is -2.35. The first kappa shape index (κ1) is 20.5. The summed E-state index contributed by atoms with van der Waals surface area (Å²) >= 11 is 6.20. The zero-order valence-electron chi connectivity index (χ0n) is 17.5. The van der Waals surface area contributed by atoms with Crippen molar-refractivity contribution in [2.24, 2.45) is 0 Å². The molecule has 0 spiro atoms. The summed E-state index contributed by atoms with van der Waals surface area (Å²) in [6, 6.07) is 14.7. The Bertz CT molecular complexity index is 1200. The van der Waals surface area contributed by atoms with Crippen molar-refractivity contribution in [2.45, 2.75) is 19.4 Å². The standard InChI is InChI=1S/C24H22ClN3O4/c1-14(29)26-18-6-7-28(12-18)24-10-16(15-2-5-22-23(9-15)32-13-31-22)8-20(27-24)19-11-17(25)3-4-21(19)30/h2-5,8-11,18,30H,6-7,12-13H2,1H3,(H,26,29). The van der Waals surface area contributed by atoms with Gasteiger partial charge in [-0.25, -0.2) is 4.98 Å². The number of anilines is 1. The summed E-state index contributed by atoms with van der Waals surface area (Å²) in [5.41, 5.74) is 3.03. The van der Waals surface area contributed by atoms with Crippen LogP contribution in [0.5, 0.6) is 17.2 Å². The van der Waals surface area contributed by atoms with Crippen LogP contribution in [0.4, 0.5) is 5.82 Å². The first-order valence-corrected chi connectivity index (χ1v) is 10.8. The van der Waals surface area contributed by atoms with Crippen molar-refractivity contribution in [1.82, 2.24) is 10.3 Å². The number of fused-ring (bicyclic) bond motifs is 1. The van der Waals surface area contributed by atoms with Crippen molar-refractivity contribution in [3.8, 4) is 39.6 Å². The molecular weight excluding hydrogens is 430 g/mol. The SMILES string of the molecule is CC(=O)NC1CCN(c2cc(-c3ccc4c(c3)OCO4)cc(-c3cc(Cl)ccc3O)n2)C1. The minimum atomic E-state index is -0.0385. The van der Waals surface area contributed by atoms with Gasteiger partial charge in [-0.15, -0.1) is 0 Å². The second kappa shape index (κ2) is 8.24. The van der Waals surface area contributed by atoms with Gasteiger partial charge in [0.2, 0.25) is 12.7 Å². The number of hydrogen-bond donors (Lipinski definition) is 2. The lowest BCUT2D eigenvalue weighted by Gasteiger charge is -2.20. The number of aromatic hydroxyl groups is 1. The van der Waals surface area contributed by atoms with Crippen molar-refractivity contribution in [3.05, 3.63) is 53.6 Å². The van der Waals surface area contributed by atoms with Gasteiger partial charge in [0, 0.05) is 36.6 Å². The third kappa shape index (κ3) is 4.03. The number of hydrogen-bond acceptors (Lipinski definition) is 6. The topological polar surface area (TPSA) is 83.9 Å². The lowest BCUT2D eigenvalue weighted by atomic mass is 10.0. The number of aromatic nitrogens is 1. The van der Waals surface area contributed by atoms with Crippen molar-refractivity contribution >= 4 is 23.3 Å². The number of halogens is 1. The van der Waals surface area contributed by atoms with Crippen LogP contribution in [-0.4, -0.2) is 41.9 Å². The fourth-order valence-corrected chi connectivity index (χ4v) is 4.32. The predicted molar refractivity (Wildman–Crippen MR) is 122 cm³/mol. The van der Waals surface area contributed by atoms with Crippen LogP contribution in [0.1, 0.15) is 13.3 Å². The average molecular weight is 452 g/mol. The van der Waals surface area contributed by atoms with Gasteiger partial charge < -0.3 is 24.8 Å². The van der Waals surface area contributed by atoms with Crippen molar-refractivity contribution < 1.29 is 19.4 Å². The number of nitrogens with zero attached hydrogens (tertiary/aromatic N) is 2. The first-order chi connectivity index (χ1) is 15.5. The summed E-state index contributed by atoms with van der Waals surface area (Å²) in [5.74, 6) is 2.24. The monoisotopic (exact) mass is 451 g/mol. The summed E-state index contributed by atoms with van der Waals surface area (Å²) in [5, 5.41) is 14.0. The molecule has 1 saturated heterocycles. The van der Waals surface area contributed by atoms with Gasteiger partial charge in [0.1, 0.15) is 11.6 Å². The number of phenolic OH excluding ortho intramolecular Hbond substituents is 1. The van der Waals surface area contributed by atoms with E-state index in [0.717, 1.165) is 29.9 Å². The molecule has 0 radical (unpaired) electrons. The van der Waals surface area contributed by atoms with Crippen LogP contribution in [0.3, 0.4) is 0 Å². The van der Waals surface area contributed by atoms with Gasteiger partial charge in [0.15, 0.2) is 11.5 Å². The maximum Gasteiger partial charge on any atom is 0.231 e. The molecule has 2 N–H and O–H groups in total. The van der Waals surface area contributed by atoms with E-state index < -0.39 is 0 Å². The van der Waals surface area contributed by atoms with Crippen LogP contribution in [0.25, 0.3) is 22.4 Å². The second-order valence-corrected chi connectivity index (χ2v) is 8.40. The molecule has 0 saturated carbocycles. The first-order valence-electron chi connectivity index (χ1n) is 10.4. The number of phenols is 1. The van der Waals surface area contributed by atoms with E-state index in [1.807, 2.05) is 30.3 Å². The Morgan fingerprint density at radius 1 is 1.12 bits per heavy atom. The number of nitrogens with one attached hydrogen (secondary N) is 1. The number of rotatable bonds is 4. The fraction of sp³-hybridized carbons (Fsp3) is 0.250. The minimum absolute atomic E-state index is 0.0385. The quantitative estimate of drug-likeness (QED) is 0.618. The van der Waals surface area contributed by atoms with E-state index in [1.54, 1.807) is 18.2 Å². The van der Waals surface area contributed by atoms with Crippen molar-refractivity contribution in [2.75, 3.05) is 24.8 Å².